The molecule has 0 aromatic carbocycles. The molecule has 1 N–H and O–H groups in total. The summed E-state index contributed by atoms with van der Waals surface area (Å²) in [7, 11) is 1.54. The fraction of sp³-hybridized carbons (Fsp3) is 0.500. The van der Waals surface area contributed by atoms with Crippen molar-refractivity contribution in [2.24, 2.45) is 7.05 Å². The third-order valence-electron chi connectivity index (χ3n) is 2.46. The first-order valence-electron chi connectivity index (χ1n) is 4.65. The SMILES string of the molecule is Cn1c(Br)nn(C2CCC(=O)NC2=O)c1=O. The van der Waals surface area contributed by atoms with E-state index in [-0.39, 0.29) is 18.0 Å². The van der Waals surface area contributed by atoms with E-state index < -0.39 is 11.9 Å². The third-order valence-corrected chi connectivity index (χ3v) is 3.15. The molecule has 7 nitrogen and oxygen atoms in total. The van der Waals surface area contributed by atoms with Crippen LogP contribution < -0.4 is 11.0 Å². The molecule has 1 aliphatic rings. The van der Waals surface area contributed by atoms with E-state index in [0.717, 1.165) is 4.68 Å². The van der Waals surface area contributed by atoms with E-state index in [9.17, 15) is 14.4 Å². The molecule has 1 aliphatic heterocycles. The molecule has 1 aromatic rings. The van der Waals surface area contributed by atoms with Crippen LogP contribution in [0.15, 0.2) is 9.53 Å². The van der Waals surface area contributed by atoms with Gasteiger partial charge in [-0.15, -0.1) is 5.10 Å². The van der Waals surface area contributed by atoms with Gasteiger partial charge in [-0.3, -0.25) is 19.5 Å². The zero-order chi connectivity index (χ0) is 11.9. The first-order chi connectivity index (χ1) is 7.50. The smallest absolute Gasteiger partial charge is 0.295 e. The zero-order valence-corrected chi connectivity index (χ0v) is 10.0. The Morgan fingerprint density at radius 2 is 2.12 bits per heavy atom. The highest BCUT2D eigenvalue weighted by molar-refractivity contribution is 9.10. The van der Waals surface area contributed by atoms with Crippen LogP contribution in [0.25, 0.3) is 0 Å². The minimum Gasteiger partial charge on any atom is -0.295 e. The largest absolute Gasteiger partial charge is 0.347 e. The van der Waals surface area contributed by atoms with E-state index in [1.807, 2.05) is 0 Å². The van der Waals surface area contributed by atoms with Crippen molar-refractivity contribution in [3.8, 4) is 0 Å². The van der Waals surface area contributed by atoms with Crippen LogP contribution in [0.3, 0.4) is 0 Å². The molecule has 1 fully saturated rings. The summed E-state index contributed by atoms with van der Waals surface area (Å²) in [5.74, 6) is -0.798. The fourth-order valence-electron chi connectivity index (χ4n) is 1.55. The predicted molar refractivity (Wildman–Crippen MR) is 56.6 cm³/mol. The Morgan fingerprint density at radius 3 is 2.62 bits per heavy atom. The highest BCUT2D eigenvalue weighted by Crippen LogP contribution is 2.16. The van der Waals surface area contributed by atoms with E-state index >= 15 is 0 Å². The number of nitrogens with zero attached hydrogens (tertiary/aromatic N) is 3. The normalized spacial score (nSPS) is 21.0. The van der Waals surface area contributed by atoms with Crippen molar-refractivity contribution in [1.29, 1.82) is 0 Å². The summed E-state index contributed by atoms with van der Waals surface area (Å²) in [6.45, 7) is 0. The standard InChI is InChI=1S/C8H9BrN4O3/c1-12-7(9)11-13(8(12)16)4-2-3-5(14)10-6(4)15/h4H,2-3H2,1H3,(H,10,14,15). The second-order valence-corrected chi connectivity index (χ2v) is 4.23. The molecule has 8 heteroatoms. The van der Waals surface area contributed by atoms with Crippen molar-refractivity contribution in [3.05, 3.63) is 15.2 Å². The number of imide groups is 1. The number of aromatic nitrogens is 3. The monoisotopic (exact) mass is 288 g/mol. The molecule has 86 valence electrons. The van der Waals surface area contributed by atoms with Gasteiger partial charge in [-0.05, 0) is 22.4 Å². The quantitative estimate of drug-likeness (QED) is 0.694. The molecule has 0 spiro atoms. The molecule has 2 amide bonds. The van der Waals surface area contributed by atoms with Gasteiger partial charge in [0.1, 0.15) is 6.04 Å². The minimum atomic E-state index is -0.706. The summed E-state index contributed by atoms with van der Waals surface area (Å²) in [6.07, 6.45) is 0.519. The van der Waals surface area contributed by atoms with Crippen molar-refractivity contribution in [3.63, 3.8) is 0 Å². The summed E-state index contributed by atoms with van der Waals surface area (Å²) in [4.78, 5) is 34.2. The average Bonchev–Trinajstić information content (AvgIpc) is 2.46. The van der Waals surface area contributed by atoms with Gasteiger partial charge in [0.05, 0.1) is 0 Å². The van der Waals surface area contributed by atoms with Crippen LogP contribution >= 0.6 is 15.9 Å². The van der Waals surface area contributed by atoms with E-state index in [4.69, 9.17) is 0 Å². The molecule has 0 bridgehead atoms. The van der Waals surface area contributed by atoms with Crippen molar-refractivity contribution < 1.29 is 9.59 Å². The number of nitrogens with one attached hydrogen (secondary N) is 1. The van der Waals surface area contributed by atoms with Crippen molar-refractivity contribution in [1.82, 2.24) is 19.7 Å². The first kappa shape index (κ1) is 11.1. The Morgan fingerprint density at radius 1 is 1.44 bits per heavy atom. The lowest BCUT2D eigenvalue weighted by Gasteiger charge is -2.19. The summed E-state index contributed by atoms with van der Waals surface area (Å²) >= 11 is 3.10. The number of halogens is 1. The number of hydrogen-bond acceptors (Lipinski definition) is 4. The summed E-state index contributed by atoms with van der Waals surface area (Å²) in [5.41, 5.74) is -0.388. The van der Waals surface area contributed by atoms with Crippen molar-refractivity contribution in [2.45, 2.75) is 18.9 Å². The summed E-state index contributed by atoms with van der Waals surface area (Å²) in [6, 6.07) is -0.706. The van der Waals surface area contributed by atoms with Gasteiger partial charge in [0.25, 0.3) is 5.91 Å². The number of hydrogen-bond donors (Lipinski definition) is 1. The van der Waals surface area contributed by atoms with Gasteiger partial charge in [-0.2, -0.15) is 4.68 Å². The zero-order valence-electron chi connectivity index (χ0n) is 8.44. The predicted octanol–water partition coefficient (Wildman–Crippen LogP) is -0.678. The first-order valence-corrected chi connectivity index (χ1v) is 5.44. The van der Waals surface area contributed by atoms with Crippen LogP contribution in [0.4, 0.5) is 0 Å². The van der Waals surface area contributed by atoms with E-state index in [1.165, 1.54) is 4.57 Å². The Hall–Kier alpha value is -1.44. The van der Waals surface area contributed by atoms with Gasteiger partial charge in [0, 0.05) is 13.5 Å². The van der Waals surface area contributed by atoms with Gasteiger partial charge in [0.15, 0.2) is 0 Å². The third kappa shape index (κ3) is 1.69. The van der Waals surface area contributed by atoms with E-state index in [0.29, 0.717) is 11.2 Å². The number of amides is 2. The lowest BCUT2D eigenvalue weighted by Crippen LogP contribution is -2.44. The number of rotatable bonds is 1. The van der Waals surface area contributed by atoms with Crippen LogP contribution in [0, 0.1) is 0 Å². The van der Waals surface area contributed by atoms with Crippen LogP contribution in [-0.4, -0.2) is 26.2 Å². The fourth-order valence-corrected chi connectivity index (χ4v) is 1.87. The van der Waals surface area contributed by atoms with Crippen molar-refractivity contribution >= 4 is 27.7 Å². The molecule has 2 heterocycles. The average molecular weight is 289 g/mol. The van der Waals surface area contributed by atoms with Crippen LogP contribution in [0.2, 0.25) is 0 Å². The number of carbonyl (C=O) groups excluding carboxylic acids is 2. The second-order valence-electron chi connectivity index (χ2n) is 3.52. The van der Waals surface area contributed by atoms with Gasteiger partial charge < -0.3 is 0 Å². The van der Waals surface area contributed by atoms with Gasteiger partial charge in [0.2, 0.25) is 10.6 Å². The number of piperidine rings is 1. The molecular weight excluding hydrogens is 280 g/mol. The lowest BCUT2D eigenvalue weighted by molar-refractivity contribution is -0.136. The molecule has 0 aliphatic carbocycles. The molecule has 1 unspecified atom stereocenters. The maximum atomic E-state index is 11.7. The highest BCUT2D eigenvalue weighted by Gasteiger charge is 2.30. The summed E-state index contributed by atoms with van der Waals surface area (Å²) in [5, 5.41) is 6.10. The molecule has 2 rings (SSSR count). The Bertz CT molecular complexity index is 518. The Kier molecular flexibility index (Phi) is 2.66. The van der Waals surface area contributed by atoms with Crippen LogP contribution in [0.1, 0.15) is 18.9 Å². The molecule has 0 saturated carbocycles. The maximum absolute atomic E-state index is 11.7. The molecule has 0 radical (unpaired) electrons. The maximum Gasteiger partial charge on any atom is 0.347 e. The summed E-state index contributed by atoms with van der Waals surface area (Å²) < 4.78 is 2.72. The second kappa shape index (κ2) is 3.85. The van der Waals surface area contributed by atoms with E-state index in [2.05, 4.69) is 26.3 Å². The Balaban J connectivity index is 2.38. The highest BCUT2D eigenvalue weighted by atomic mass is 79.9. The Labute approximate surface area is 98.6 Å². The van der Waals surface area contributed by atoms with Gasteiger partial charge in [-0.25, -0.2) is 4.79 Å². The van der Waals surface area contributed by atoms with Crippen molar-refractivity contribution in [2.75, 3.05) is 0 Å². The molecule has 1 atom stereocenters. The topological polar surface area (TPSA) is 86.0 Å². The lowest BCUT2D eigenvalue weighted by atomic mass is 10.1. The minimum absolute atomic E-state index is 0.219. The van der Waals surface area contributed by atoms with Gasteiger partial charge in [-0.1, -0.05) is 0 Å². The molecule has 1 aromatic heterocycles. The number of carbonyl (C=O) groups is 2. The van der Waals surface area contributed by atoms with E-state index in [1.54, 1.807) is 7.05 Å². The van der Waals surface area contributed by atoms with Crippen LogP contribution in [-0.2, 0) is 16.6 Å². The van der Waals surface area contributed by atoms with Crippen LogP contribution in [0.5, 0.6) is 0 Å². The molecule has 16 heavy (non-hydrogen) atoms. The van der Waals surface area contributed by atoms with Gasteiger partial charge >= 0.3 is 5.69 Å². The molecule has 1 saturated heterocycles. The molecular formula is C8H9BrN4O3.